The van der Waals surface area contributed by atoms with E-state index in [4.69, 9.17) is 0 Å². The Hall–Kier alpha value is -13.0. The normalized spacial score (nSPS) is 15.5. The van der Waals surface area contributed by atoms with E-state index in [0.717, 1.165) is 89.7 Å². The average molecular weight is 1330 g/mol. The molecule has 0 saturated carbocycles. The van der Waals surface area contributed by atoms with Gasteiger partial charge in [0.05, 0.1) is 22.1 Å². The molecule has 5 heteroatoms. The minimum Gasteiger partial charge on any atom is -0.314 e. The molecule has 1 atom stereocenters. The number of aromatic nitrogens is 1. The van der Waals surface area contributed by atoms with Crippen LogP contribution in [0.1, 0.15) is 71.0 Å². The third-order valence-corrected chi connectivity index (χ3v) is 22.5. The van der Waals surface area contributed by atoms with Crippen LogP contribution in [0.5, 0.6) is 0 Å². The summed E-state index contributed by atoms with van der Waals surface area (Å²) >= 11 is 0. The summed E-state index contributed by atoms with van der Waals surface area (Å²) in [6.07, 6.45) is 15.2. The summed E-state index contributed by atoms with van der Waals surface area (Å²) in [4.78, 5) is 9.73. The van der Waals surface area contributed by atoms with Crippen LogP contribution in [0.3, 0.4) is 0 Å². The molecule has 15 aromatic rings. The monoisotopic (exact) mass is 1330 g/mol. The molecular weight excluding hydrogens is 1260 g/mol. The fourth-order valence-electron chi connectivity index (χ4n) is 17.8. The van der Waals surface area contributed by atoms with E-state index in [9.17, 15) is 0 Å². The number of hydrogen-bond acceptors (Lipinski definition) is 4. The van der Waals surface area contributed by atoms with Gasteiger partial charge in [0, 0.05) is 79.1 Å². The Bertz CT molecular complexity index is 5940. The van der Waals surface area contributed by atoms with Crippen LogP contribution in [0.25, 0.3) is 66.6 Å². The Morgan fingerprint density at radius 2 is 0.779 bits per heavy atom. The van der Waals surface area contributed by atoms with Crippen molar-refractivity contribution in [2.24, 2.45) is 0 Å². The molecule has 494 valence electrons. The van der Waals surface area contributed by atoms with Crippen LogP contribution >= 0.6 is 0 Å². The van der Waals surface area contributed by atoms with E-state index in [1.54, 1.807) is 0 Å². The summed E-state index contributed by atoms with van der Waals surface area (Å²) in [6.45, 7) is 0. The van der Waals surface area contributed by atoms with Gasteiger partial charge in [0.1, 0.15) is 0 Å². The summed E-state index contributed by atoms with van der Waals surface area (Å²) in [6, 6.07) is 128. The Kier molecular flexibility index (Phi) is 14.8. The maximum absolute atomic E-state index is 2.62. The lowest BCUT2D eigenvalue weighted by Gasteiger charge is -2.41. The molecule has 1 aliphatic heterocycles. The standard InChI is InChI=1S/C99H73N5/c1-5-26-76(27-6-1)100(77-28-7-2-8-29-77)82-54-58-84(59-55-82)102(86-52-44-68-22-13-15-24-72(68)64-86)80-48-40-70(41-49-80)74-46-62-88-89-63-47-75(67-95(89)99(94(88)66-74)92-36-18-20-39-97(92)104-96-38-19-17-34-90(96)91-35-21-37-93(99)98(91)104)71-42-50-81(51-43-71)103(87-53-45-69-23-14-16-25-73(69)65-87)85-60-56-83(57-61-85)101(78-30-9-3-10-31-78)79-32-11-4-12-33-79/h1-44,47-52,54,56-58,60-61,63-67H,45-46,53,55,59,62H2. The van der Waals surface area contributed by atoms with Gasteiger partial charge in [-0.2, -0.15) is 0 Å². The molecule has 0 amide bonds. The van der Waals surface area contributed by atoms with Gasteiger partial charge in [-0.3, -0.25) is 0 Å². The molecule has 0 fully saturated rings. The minimum atomic E-state index is -0.626. The molecule has 5 aliphatic rings. The molecule has 1 aromatic heterocycles. The number of anilines is 9. The lowest BCUT2D eigenvalue weighted by atomic mass is 9.63. The van der Waals surface area contributed by atoms with Gasteiger partial charge in [-0.05, 0) is 262 Å². The van der Waals surface area contributed by atoms with Crippen molar-refractivity contribution in [3.63, 3.8) is 0 Å². The summed E-state index contributed by atoms with van der Waals surface area (Å²) in [7, 11) is 0. The number of rotatable bonds is 14. The third-order valence-electron chi connectivity index (χ3n) is 22.5. The van der Waals surface area contributed by atoms with Gasteiger partial charge >= 0.3 is 0 Å². The molecule has 0 bridgehead atoms. The lowest BCUT2D eigenvalue weighted by molar-refractivity contribution is 0.739. The van der Waals surface area contributed by atoms with Crippen LogP contribution in [0.2, 0.25) is 0 Å². The predicted octanol–water partition coefficient (Wildman–Crippen LogP) is 26.0. The van der Waals surface area contributed by atoms with E-state index in [-0.39, 0.29) is 0 Å². The summed E-state index contributed by atoms with van der Waals surface area (Å²) in [5, 5.41) is 5.02. The minimum absolute atomic E-state index is 0.626. The molecule has 1 spiro atoms. The zero-order valence-electron chi connectivity index (χ0n) is 57.7. The Morgan fingerprint density at radius 3 is 1.45 bits per heavy atom. The summed E-state index contributed by atoms with van der Waals surface area (Å²) in [5.74, 6) is 0. The number of nitrogens with zero attached hydrogens (tertiary/aromatic N) is 5. The third kappa shape index (κ3) is 10.1. The zero-order chi connectivity index (χ0) is 68.7. The molecule has 1 unspecified atom stereocenters. The van der Waals surface area contributed by atoms with Crippen LogP contribution in [0.15, 0.2) is 387 Å². The molecule has 0 N–H and O–H groups in total. The first kappa shape index (κ1) is 61.0. The molecule has 0 saturated heterocycles. The zero-order valence-corrected chi connectivity index (χ0v) is 57.7. The van der Waals surface area contributed by atoms with Gasteiger partial charge in [0.15, 0.2) is 0 Å². The van der Waals surface area contributed by atoms with Gasteiger partial charge in [0.25, 0.3) is 0 Å². The van der Waals surface area contributed by atoms with Crippen molar-refractivity contribution in [1.82, 2.24) is 4.57 Å². The number of hydrogen-bond donors (Lipinski definition) is 0. The Labute approximate surface area is 607 Å². The highest BCUT2D eigenvalue weighted by molar-refractivity contribution is 6.13. The molecule has 14 aromatic carbocycles. The van der Waals surface area contributed by atoms with Crippen molar-refractivity contribution in [2.75, 3.05) is 19.6 Å². The van der Waals surface area contributed by atoms with Crippen molar-refractivity contribution < 1.29 is 0 Å². The topological polar surface area (TPSA) is 17.9 Å². The average Bonchev–Trinajstić information content (AvgIpc) is 1.48. The number of fused-ring (bicyclic) bond motifs is 13. The van der Waals surface area contributed by atoms with Crippen LogP contribution in [0.4, 0.5) is 51.2 Å². The van der Waals surface area contributed by atoms with E-state index < -0.39 is 5.41 Å². The number of allylic oxidation sites excluding steroid dienone is 9. The Balaban J connectivity index is 0.694. The number of benzene rings is 14. The first-order chi connectivity index (χ1) is 51.6. The van der Waals surface area contributed by atoms with Gasteiger partial charge in [-0.1, -0.05) is 224 Å². The molecule has 0 radical (unpaired) electrons. The van der Waals surface area contributed by atoms with Crippen molar-refractivity contribution in [3.05, 3.63) is 426 Å². The number of para-hydroxylation sites is 7. The smallest absolute Gasteiger partial charge is 0.0751 e. The molecule has 20 rings (SSSR count). The highest BCUT2D eigenvalue weighted by Gasteiger charge is 2.52. The Morgan fingerprint density at radius 1 is 0.288 bits per heavy atom. The van der Waals surface area contributed by atoms with Gasteiger partial charge in [0.2, 0.25) is 0 Å². The second-order valence-electron chi connectivity index (χ2n) is 28.1. The summed E-state index contributed by atoms with van der Waals surface area (Å²) < 4.78 is 2.57. The molecule has 5 nitrogen and oxygen atoms in total. The van der Waals surface area contributed by atoms with Gasteiger partial charge in [-0.15, -0.1) is 0 Å². The molecule has 4 aliphatic carbocycles. The fourth-order valence-corrected chi connectivity index (χ4v) is 17.8. The van der Waals surface area contributed by atoms with Gasteiger partial charge in [-0.25, -0.2) is 0 Å². The van der Waals surface area contributed by atoms with Crippen molar-refractivity contribution in [2.45, 2.75) is 43.9 Å². The van der Waals surface area contributed by atoms with Gasteiger partial charge < -0.3 is 24.2 Å². The summed E-state index contributed by atoms with van der Waals surface area (Å²) in [5.41, 5.74) is 33.0. The van der Waals surface area contributed by atoms with Crippen LogP contribution < -0.4 is 19.6 Å². The van der Waals surface area contributed by atoms with Crippen LogP contribution in [-0.4, -0.2) is 4.57 Å². The molecule has 104 heavy (non-hydrogen) atoms. The lowest BCUT2D eigenvalue weighted by Crippen LogP contribution is -2.34. The second-order valence-corrected chi connectivity index (χ2v) is 28.1. The van der Waals surface area contributed by atoms with Crippen LogP contribution in [-0.2, 0) is 11.8 Å². The fraction of sp³-hybridized carbons (Fsp3) is 0.0707. The molecular formula is C99H73N5. The first-order valence-electron chi connectivity index (χ1n) is 36.7. The first-order valence-corrected chi connectivity index (χ1v) is 36.7. The quantitative estimate of drug-likeness (QED) is 0.108. The SMILES string of the molecule is C1=C(c2ccc(N(C3=CC=C(N(c4ccccc4)c4ccccc4)CC3)c3ccc4ccccc4c3)cc2)CCC2=C1C1(c3cc(-c4ccc(N(C5=Cc6ccccc6CC5)c5ccc(N(c6ccccc6)c6ccccc6)cc5)cc4)ccc32)c2ccccc2-n2c3ccccc3c3cccc1c32. The number of aryl methyl sites for hydroxylation is 1. The van der Waals surface area contributed by atoms with E-state index in [1.807, 2.05) is 0 Å². The highest BCUT2D eigenvalue weighted by atomic mass is 15.2. The van der Waals surface area contributed by atoms with Crippen molar-refractivity contribution >= 4 is 101 Å². The largest absolute Gasteiger partial charge is 0.314 e. The van der Waals surface area contributed by atoms with Crippen molar-refractivity contribution in [3.8, 4) is 16.8 Å². The predicted molar refractivity (Wildman–Crippen MR) is 436 cm³/mol. The van der Waals surface area contributed by atoms with Crippen LogP contribution in [0, 0.1) is 0 Å². The maximum Gasteiger partial charge on any atom is 0.0751 e. The second kappa shape index (κ2) is 25.3. The van der Waals surface area contributed by atoms with Crippen molar-refractivity contribution in [1.29, 1.82) is 0 Å². The van der Waals surface area contributed by atoms with E-state index >= 15 is 0 Å². The molecule has 2 heterocycles. The maximum atomic E-state index is 2.62. The van der Waals surface area contributed by atoms with E-state index in [1.165, 1.54) is 122 Å². The van der Waals surface area contributed by atoms with E-state index in [2.05, 4.69) is 394 Å². The van der Waals surface area contributed by atoms with E-state index in [0.29, 0.717) is 0 Å². The highest BCUT2D eigenvalue weighted by Crippen LogP contribution is 2.63.